The molecule has 0 unspecified atom stereocenters. The summed E-state index contributed by atoms with van der Waals surface area (Å²) in [5, 5.41) is 65.6. The Morgan fingerprint density at radius 3 is 1.89 bits per heavy atom. The maximum Gasteiger partial charge on any atom is 0.242 e. The fourth-order valence-electron chi connectivity index (χ4n) is 6.52. The molecule has 3 aliphatic rings. The summed E-state index contributed by atoms with van der Waals surface area (Å²) in [6.07, 6.45) is -11.3. The third-order valence-corrected chi connectivity index (χ3v) is 9.97. The Morgan fingerprint density at radius 2 is 1.30 bits per heavy atom. The van der Waals surface area contributed by atoms with E-state index in [2.05, 4.69) is 10.6 Å². The first-order chi connectivity index (χ1) is 25.1. The second kappa shape index (κ2) is 21.4. The van der Waals surface area contributed by atoms with Crippen LogP contribution in [0.5, 0.6) is 0 Å². The highest BCUT2D eigenvalue weighted by atomic mass is 16.7. The fourth-order valence-corrected chi connectivity index (χ4v) is 6.52. The van der Waals surface area contributed by atoms with Gasteiger partial charge >= 0.3 is 0 Å². The number of nitrogens with one attached hydrogen (secondary N) is 2. The van der Waals surface area contributed by atoms with Crippen LogP contribution in [0.2, 0.25) is 0 Å². The third kappa shape index (κ3) is 12.4. The van der Waals surface area contributed by atoms with Crippen molar-refractivity contribution in [3.63, 3.8) is 0 Å². The highest BCUT2D eigenvalue weighted by molar-refractivity contribution is 5.95. The number of likely N-dealkylation sites (N-methyl/N-ethyl adjacent to an activating group) is 2. The van der Waals surface area contributed by atoms with Crippen molar-refractivity contribution in [2.24, 2.45) is 11.8 Å². The highest BCUT2D eigenvalue weighted by Gasteiger charge is 2.44. The van der Waals surface area contributed by atoms with Crippen molar-refractivity contribution >= 4 is 29.4 Å². The van der Waals surface area contributed by atoms with Crippen LogP contribution in [0.4, 0.5) is 0 Å². The molecule has 3 rings (SSSR count). The molecule has 12 atom stereocenters. The Labute approximate surface area is 308 Å². The number of aliphatic hydroxyl groups excluding tert-OH is 6. The van der Waals surface area contributed by atoms with Gasteiger partial charge in [-0.05, 0) is 46.6 Å². The average Bonchev–Trinajstić information content (AvgIpc) is 3.14. The predicted molar refractivity (Wildman–Crippen MR) is 182 cm³/mol. The Bertz CT molecular complexity index is 1230. The fraction of sp³-hybridized carbons (Fsp3) is 0.853. The van der Waals surface area contributed by atoms with Crippen LogP contribution in [0.15, 0.2) is 0 Å². The lowest BCUT2D eigenvalue weighted by atomic mass is 9.80. The van der Waals surface area contributed by atoms with E-state index in [1.165, 1.54) is 25.8 Å². The van der Waals surface area contributed by atoms with Crippen molar-refractivity contribution in [1.29, 1.82) is 0 Å². The van der Waals surface area contributed by atoms with E-state index in [4.69, 9.17) is 18.9 Å². The number of unbranched alkanes of at least 4 members (excludes halogenated alkanes) is 1. The second-order valence-electron chi connectivity index (χ2n) is 13.9. The summed E-state index contributed by atoms with van der Waals surface area (Å²) < 4.78 is 21.9. The van der Waals surface area contributed by atoms with E-state index in [1.54, 1.807) is 7.05 Å². The van der Waals surface area contributed by atoms with Crippen molar-refractivity contribution in [1.82, 2.24) is 20.4 Å². The zero-order valence-corrected chi connectivity index (χ0v) is 30.9. The maximum absolute atomic E-state index is 13.6. The SMILES string of the molecule is CNCC(=O)N(C)C(=O)CCCCC(=O)N1CC[C@@H](C(=O)NCCO[C@@H]2O[C@@H](C)[C@@H](O)[C@@H](O)[C@@H]2O)[C@@H](C(=O)CCCO[C@@H]2O[C@@H](C)[C@@H](O)[C@@H](O)[C@@H]2O)C1. The minimum absolute atomic E-state index is 0.0143. The molecule has 3 saturated heterocycles. The first-order valence-corrected chi connectivity index (χ1v) is 18.2. The number of ketones is 1. The van der Waals surface area contributed by atoms with Gasteiger partial charge in [0.2, 0.25) is 23.6 Å². The summed E-state index contributed by atoms with van der Waals surface area (Å²) >= 11 is 0. The molecule has 0 radical (unpaired) electrons. The van der Waals surface area contributed by atoms with Crippen LogP contribution in [0, 0.1) is 11.8 Å². The number of carbonyl (C=O) groups excluding carboxylic acids is 5. The topological polar surface area (TPSA) is 274 Å². The lowest BCUT2D eigenvalue weighted by Gasteiger charge is -2.39. The van der Waals surface area contributed by atoms with E-state index >= 15 is 0 Å². The molecule has 3 fully saturated rings. The summed E-state index contributed by atoms with van der Waals surface area (Å²) in [4.78, 5) is 67.0. The van der Waals surface area contributed by atoms with E-state index in [0.29, 0.717) is 12.8 Å². The zero-order valence-electron chi connectivity index (χ0n) is 30.9. The molecule has 0 bridgehead atoms. The van der Waals surface area contributed by atoms with Gasteiger partial charge in [0.05, 0.1) is 37.9 Å². The van der Waals surface area contributed by atoms with Crippen LogP contribution in [-0.4, -0.2) is 185 Å². The molecule has 0 aromatic heterocycles. The van der Waals surface area contributed by atoms with Crippen LogP contribution in [-0.2, 0) is 42.9 Å². The molecule has 19 nitrogen and oxygen atoms in total. The quantitative estimate of drug-likeness (QED) is 0.0626. The average molecular weight is 763 g/mol. The Balaban J connectivity index is 1.55. The number of carbonyl (C=O) groups is 5. The first kappa shape index (κ1) is 44.7. The van der Waals surface area contributed by atoms with E-state index in [-0.39, 0.29) is 95.0 Å². The third-order valence-electron chi connectivity index (χ3n) is 9.97. The minimum Gasteiger partial charge on any atom is -0.388 e. The smallest absolute Gasteiger partial charge is 0.242 e. The number of hydrogen-bond donors (Lipinski definition) is 8. The molecule has 0 aromatic carbocycles. The van der Waals surface area contributed by atoms with Crippen molar-refractivity contribution in [2.75, 3.05) is 53.5 Å². The number of imide groups is 1. The van der Waals surface area contributed by atoms with E-state index < -0.39 is 79.2 Å². The molecule has 0 aliphatic carbocycles. The number of Topliss-reactive ketones (excluding diaryl/α,β-unsaturated/α-hetero) is 1. The molecule has 3 heterocycles. The molecule has 3 aliphatic heterocycles. The van der Waals surface area contributed by atoms with Gasteiger partial charge in [0.1, 0.15) is 42.4 Å². The summed E-state index contributed by atoms with van der Waals surface area (Å²) in [6.45, 7) is 3.07. The Hall–Kier alpha value is -2.69. The predicted octanol–water partition coefficient (Wildman–Crippen LogP) is -3.63. The van der Waals surface area contributed by atoms with Gasteiger partial charge in [0.15, 0.2) is 12.6 Å². The van der Waals surface area contributed by atoms with E-state index in [9.17, 15) is 54.6 Å². The molecule has 0 spiro atoms. The molecule has 0 aromatic rings. The van der Waals surface area contributed by atoms with Crippen LogP contribution in [0.3, 0.4) is 0 Å². The number of rotatable bonds is 18. The highest BCUT2D eigenvalue weighted by Crippen LogP contribution is 2.28. The largest absolute Gasteiger partial charge is 0.388 e. The van der Waals surface area contributed by atoms with Crippen LogP contribution in [0.1, 0.15) is 58.8 Å². The molecule has 53 heavy (non-hydrogen) atoms. The maximum atomic E-state index is 13.6. The standard InChI is InChI=1S/C34H58N4O15/c1-18-26(43)28(45)30(47)33(52-18)50-14-7-8-22(39)21-17-38(24(41)10-6-5-9-23(40)37(4)25(42)16-35-3)13-11-20(21)32(49)36-12-15-51-34-31(48)29(46)27(44)19(2)53-34/h18-21,26-31,33-35,43-48H,5-17H2,1-4H3,(H,36,49)/t18-,19-,20+,21-,26+,27+,28+,29+,30-,31-,33+,34+/m0/s1. The Kier molecular flexibility index (Phi) is 18.1. The minimum atomic E-state index is -1.51. The normalized spacial score (nSPS) is 33.3. The number of amides is 4. The zero-order chi connectivity index (χ0) is 39.4. The van der Waals surface area contributed by atoms with Crippen molar-refractivity contribution in [3.8, 4) is 0 Å². The monoisotopic (exact) mass is 762 g/mol. The number of hydrogen-bond acceptors (Lipinski definition) is 16. The molecular weight excluding hydrogens is 704 g/mol. The summed E-state index contributed by atoms with van der Waals surface area (Å²) in [5.41, 5.74) is 0. The Morgan fingerprint density at radius 1 is 0.736 bits per heavy atom. The van der Waals surface area contributed by atoms with Gasteiger partial charge in [-0.2, -0.15) is 0 Å². The van der Waals surface area contributed by atoms with E-state index in [0.717, 1.165) is 4.90 Å². The van der Waals surface area contributed by atoms with Gasteiger partial charge in [-0.15, -0.1) is 0 Å². The molecule has 0 saturated carbocycles. The summed E-state index contributed by atoms with van der Waals surface area (Å²) in [7, 11) is 3.00. The summed E-state index contributed by atoms with van der Waals surface area (Å²) in [6, 6.07) is 0. The van der Waals surface area contributed by atoms with Crippen LogP contribution < -0.4 is 10.6 Å². The number of ether oxygens (including phenoxy) is 4. The molecule has 304 valence electrons. The number of aliphatic hydroxyl groups is 6. The lowest BCUT2D eigenvalue weighted by Crippen LogP contribution is -2.57. The van der Waals surface area contributed by atoms with Crippen molar-refractivity contribution < 1.29 is 73.6 Å². The van der Waals surface area contributed by atoms with Gasteiger partial charge in [0, 0.05) is 51.9 Å². The summed E-state index contributed by atoms with van der Waals surface area (Å²) in [5.74, 6) is -3.35. The molecule has 19 heteroatoms. The lowest BCUT2D eigenvalue weighted by molar-refractivity contribution is -0.293. The van der Waals surface area contributed by atoms with Crippen molar-refractivity contribution in [2.45, 2.75) is 120 Å². The molecular formula is C34H58N4O15. The molecule has 8 N–H and O–H groups in total. The van der Waals surface area contributed by atoms with Crippen LogP contribution in [0.25, 0.3) is 0 Å². The molecule has 4 amide bonds. The van der Waals surface area contributed by atoms with Gasteiger partial charge < -0.3 is 65.1 Å². The number of piperidine rings is 1. The van der Waals surface area contributed by atoms with Gasteiger partial charge in [-0.3, -0.25) is 28.9 Å². The van der Waals surface area contributed by atoms with Gasteiger partial charge in [-0.25, -0.2) is 0 Å². The first-order valence-electron chi connectivity index (χ1n) is 18.2. The van der Waals surface area contributed by atoms with Gasteiger partial charge in [-0.1, -0.05) is 0 Å². The number of nitrogens with zero attached hydrogens (tertiary/aromatic N) is 2. The van der Waals surface area contributed by atoms with Gasteiger partial charge in [0.25, 0.3) is 0 Å². The van der Waals surface area contributed by atoms with E-state index in [1.807, 2.05) is 0 Å². The van der Waals surface area contributed by atoms with Crippen LogP contribution >= 0.6 is 0 Å². The number of likely N-dealkylation sites (tertiary alicyclic amines) is 1. The van der Waals surface area contributed by atoms with Crippen molar-refractivity contribution in [3.05, 3.63) is 0 Å². The second-order valence-corrected chi connectivity index (χ2v) is 13.9.